The fourth-order valence-electron chi connectivity index (χ4n) is 1.45. The summed E-state index contributed by atoms with van der Waals surface area (Å²) < 4.78 is 1.36. The van der Waals surface area contributed by atoms with E-state index in [0.717, 1.165) is 0 Å². The zero-order valence-corrected chi connectivity index (χ0v) is 10.4. The van der Waals surface area contributed by atoms with E-state index in [0.29, 0.717) is 11.4 Å². The predicted octanol–water partition coefficient (Wildman–Crippen LogP) is -0.531. The summed E-state index contributed by atoms with van der Waals surface area (Å²) in [5.41, 5.74) is 6.28. The van der Waals surface area contributed by atoms with Crippen LogP contribution in [-0.2, 0) is 17.9 Å². The molecule has 0 saturated carbocycles. The van der Waals surface area contributed by atoms with E-state index < -0.39 is 5.97 Å². The second-order valence-corrected chi connectivity index (χ2v) is 3.90. The van der Waals surface area contributed by atoms with Crippen molar-refractivity contribution in [2.45, 2.75) is 13.1 Å². The van der Waals surface area contributed by atoms with Crippen molar-refractivity contribution in [2.75, 3.05) is 5.32 Å². The first-order valence-corrected chi connectivity index (χ1v) is 5.67. The number of aromatic carboxylic acids is 1. The van der Waals surface area contributed by atoms with Crippen LogP contribution in [0.25, 0.3) is 0 Å². The van der Waals surface area contributed by atoms with Gasteiger partial charge in [-0.05, 0) is 12.1 Å². The molecule has 9 heteroatoms. The Balaban J connectivity index is 1.95. The molecule has 0 aliphatic rings. The van der Waals surface area contributed by atoms with Gasteiger partial charge in [0.2, 0.25) is 5.91 Å². The number of amides is 1. The summed E-state index contributed by atoms with van der Waals surface area (Å²) in [7, 11) is 0. The first kappa shape index (κ1) is 13.6. The van der Waals surface area contributed by atoms with E-state index in [1.54, 1.807) is 6.20 Å². The van der Waals surface area contributed by atoms with E-state index in [-0.39, 0.29) is 24.7 Å². The average molecular weight is 276 g/mol. The number of aromatic nitrogens is 4. The number of pyridine rings is 1. The molecule has 4 N–H and O–H groups in total. The van der Waals surface area contributed by atoms with Gasteiger partial charge in [0, 0.05) is 6.54 Å². The molecule has 2 heterocycles. The van der Waals surface area contributed by atoms with Gasteiger partial charge < -0.3 is 16.2 Å². The highest BCUT2D eigenvalue weighted by Crippen LogP contribution is 2.06. The van der Waals surface area contributed by atoms with Crippen molar-refractivity contribution in [1.82, 2.24) is 20.0 Å². The first-order chi connectivity index (χ1) is 9.58. The molecule has 2 aromatic heterocycles. The van der Waals surface area contributed by atoms with Gasteiger partial charge in [-0.1, -0.05) is 5.21 Å². The van der Waals surface area contributed by atoms with E-state index in [2.05, 4.69) is 20.6 Å². The van der Waals surface area contributed by atoms with Crippen LogP contribution in [0.4, 0.5) is 5.69 Å². The van der Waals surface area contributed by atoms with Crippen molar-refractivity contribution in [1.29, 1.82) is 0 Å². The molecule has 2 aromatic rings. The molecule has 0 bridgehead atoms. The molecule has 2 rings (SSSR count). The van der Waals surface area contributed by atoms with Gasteiger partial charge >= 0.3 is 5.97 Å². The van der Waals surface area contributed by atoms with Gasteiger partial charge in [-0.15, -0.1) is 5.10 Å². The van der Waals surface area contributed by atoms with Gasteiger partial charge in [-0.2, -0.15) is 0 Å². The summed E-state index contributed by atoms with van der Waals surface area (Å²) in [6.45, 7) is 0.232. The molecule has 0 atom stereocenters. The Morgan fingerprint density at radius 2 is 2.20 bits per heavy atom. The van der Waals surface area contributed by atoms with Gasteiger partial charge in [0.1, 0.15) is 12.2 Å². The maximum absolute atomic E-state index is 11.7. The van der Waals surface area contributed by atoms with Crippen LogP contribution in [0.1, 0.15) is 16.2 Å². The zero-order chi connectivity index (χ0) is 14.5. The molecule has 0 aliphatic carbocycles. The molecule has 0 fully saturated rings. The number of nitrogens with one attached hydrogen (secondary N) is 1. The highest BCUT2D eigenvalue weighted by atomic mass is 16.4. The molecule has 1 amide bonds. The fraction of sp³-hybridized carbons (Fsp3) is 0.182. The molecule has 0 spiro atoms. The van der Waals surface area contributed by atoms with Crippen LogP contribution < -0.4 is 11.1 Å². The van der Waals surface area contributed by atoms with E-state index in [1.807, 2.05) is 0 Å². The van der Waals surface area contributed by atoms with Crippen molar-refractivity contribution in [3.8, 4) is 0 Å². The van der Waals surface area contributed by atoms with Crippen molar-refractivity contribution in [2.24, 2.45) is 5.73 Å². The van der Waals surface area contributed by atoms with Gasteiger partial charge in [0.25, 0.3) is 0 Å². The number of hydrogen-bond donors (Lipinski definition) is 3. The minimum absolute atomic E-state index is 0.0202. The second-order valence-electron chi connectivity index (χ2n) is 3.90. The fourth-order valence-corrected chi connectivity index (χ4v) is 1.45. The normalized spacial score (nSPS) is 10.2. The van der Waals surface area contributed by atoms with Crippen LogP contribution in [0.3, 0.4) is 0 Å². The third kappa shape index (κ3) is 3.36. The number of carbonyl (C=O) groups is 2. The maximum Gasteiger partial charge on any atom is 0.354 e. The lowest BCUT2D eigenvalue weighted by atomic mass is 10.3. The lowest BCUT2D eigenvalue weighted by Crippen LogP contribution is -2.19. The van der Waals surface area contributed by atoms with E-state index in [9.17, 15) is 9.59 Å². The van der Waals surface area contributed by atoms with Crippen LogP contribution in [0.5, 0.6) is 0 Å². The largest absolute Gasteiger partial charge is 0.477 e. The zero-order valence-electron chi connectivity index (χ0n) is 10.4. The monoisotopic (exact) mass is 276 g/mol. The molecule has 9 nitrogen and oxygen atoms in total. The Hall–Kier alpha value is -2.81. The third-order valence-corrected chi connectivity index (χ3v) is 2.37. The van der Waals surface area contributed by atoms with Crippen LogP contribution in [-0.4, -0.2) is 37.0 Å². The molecule has 104 valence electrons. The number of nitrogens with two attached hydrogens (primary N) is 1. The number of carbonyl (C=O) groups excluding carboxylic acids is 1. The Morgan fingerprint density at radius 1 is 1.40 bits per heavy atom. The van der Waals surface area contributed by atoms with Gasteiger partial charge in [0.15, 0.2) is 0 Å². The third-order valence-electron chi connectivity index (χ3n) is 2.37. The topological polar surface area (TPSA) is 136 Å². The van der Waals surface area contributed by atoms with Crippen LogP contribution in [0, 0.1) is 0 Å². The summed E-state index contributed by atoms with van der Waals surface area (Å²) in [5.74, 6) is -1.46. The summed E-state index contributed by atoms with van der Waals surface area (Å²) in [5, 5.41) is 18.8. The Bertz CT molecular complexity index is 621. The SMILES string of the molecule is NCc1cn(CC(=O)Nc2ccc(C(=O)O)nc2)nn1. The van der Waals surface area contributed by atoms with Gasteiger partial charge in [-0.3, -0.25) is 4.79 Å². The van der Waals surface area contributed by atoms with E-state index in [4.69, 9.17) is 10.8 Å². The Labute approximate surface area is 113 Å². The molecule has 0 unspecified atom stereocenters. The standard InChI is InChI=1S/C11H12N6O3/c12-3-8-5-17(16-15-8)6-10(18)14-7-1-2-9(11(19)20)13-4-7/h1-2,4-5H,3,6,12H2,(H,14,18)(H,19,20). The van der Waals surface area contributed by atoms with Crippen LogP contribution in [0.2, 0.25) is 0 Å². The quantitative estimate of drug-likeness (QED) is 0.667. The van der Waals surface area contributed by atoms with Gasteiger partial charge in [-0.25, -0.2) is 14.5 Å². The second kappa shape index (κ2) is 5.89. The Morgan fingerprint density at radius 3 is 2.75 bits per heavy atom. The number of carboxylic acid groups (broad SMARTS) is 1. The predicted molar refractivity (Wildman–Crippen MR) is 67.7 cm³/mol. The van der Waals surface area contributed by atoms with Crippen LogP contribution in [0.15, 0.2) is 24.5 Å². The van der Waals surface area contributed by atoms with E-state index >= 15 is 0 Å². The Kier molecular flexibility index (Phi) is 4.01. The summed E-state index contributed by atoms with van der Waals surface area (Å²) >= 11 is 0. The maximum atomic E-state index is 11.7. The number of carboxylic acids is 1. The summed E-state index contributed by atoms with van der Waals surface area (Å²) in [6, 6.07) is 2.76. The van der Waals surface area contributed by atoms with Crippen molar-refractivity contribution in [3.63, 3.8) is 0 Å². The van der Waals surface area contributed by atoms with E-state index in [1.165, 1.54) is 23.0 Å². The van der Waals surface area contributed by atoms with Crippen molar-refractivity contribution in [3.05, 3.63) is 35.9 Å². The lowest BCUT2D eigenvalue weighted by molar-refractivity contribution is -0.116. The van der Waals surface area contributed by atoms with Gasteiger partial charge in [0.05, 0.1) is 23.8 Å². The molecule has 0 aliphatic heterocycles. The molecule has 20 heavy (non-hydrogen) atoms. The highest BCUT2D eigenvalue weighted by Gasteiger charge is 2.08. The smallest absolute Gasteiger partial charge is 0.354 e. The number of hydrogen-bond acceptors (Lipinski definition) is 6. The van der Waals surface area contributed by atoms with Crippen LogP contribution >= 0.6 is 0 Å². The lowest BCUT2D eigenvalue weighted by Gasteiger charge is -2.04. The average Bonchev–Trinajstić information content (AvgIpc) is 2.86. The minimum atomic E-state index is -1.13. The van der Waals surface area contributed by atoms with Crippen molar-refractivity contribution < 1.29 is 14.7 Å². The number of anilines is 1. The number of rotatable bonds is 5. The number of nitrogens with zero attached hydrogens (tertiary/aromatic N) is 4. The summed E-state index contributed by atoms with van der Waals surface area (Å²) in [6.07, 6.45) is 2.85. The molecule has 0 radical (unpaired) electrons. The first-order valence-electron chi connectivity index (χ1n) is 5.67. The molecule has 0 saturated heterocycles. The minimum Gasteiger partial charge on any atom is -0.477 e. The molecular formula is C11H12N6O3. The highest BCUT2D eigenvalue weighted by molar-refractivity contribution is 5.91. The molecule has 0 aromatic carbocycles. The van der Waals surface area contributed by atoms with Crippen molar-refractivity contribution >= 4 is 17.6 Å². The summed E-state index contributed by atoms with van der Waals surface area (Å²) in [4.78, 5) is 26.0. The molecular weight excluding hydrogens is 264 g/mol.